The number of fused-ring (bicyclic) bond motifs is 1. The molecule has 0 bridgehead atoms. The van der Waals surface area contributed by atoms with Crippen molar-refractivity contribution in [1.29, 1.82) is 0 Å². The summed E-state index contributed by atoms with van der Waals surface area (Å²) in [5.74, 6) is 3.94. The van der Waals surface area contributed by atoms with Gasteiger partial charge in [-0.15, -0.1) is 12.4 Å². The standard InChI is InChI=1S/C23H29NO4.ClH/c1-14(2)19-13-24-20(10-15-9-16(25-3)7-8-21(15)26-4)18-12-23(28-6)22(27-5)11-17(18)19;/h7-9,11-12,14,19H,10,13H2,1-6H3;1H. The van der Waals surface area contributed by atoms with Crippen molar-refractivity contribution in [1.82, 2.24) is 0 Å². The van der Waals surface area contributed by atoms with E-state index < -0.39 is 0 Å². The maximum Gasteiger partial charge on any atom is 0.161 e. The molecule has 0 radical (unpaired) electrons. The van der Waals surface area contributed by atoms with E-state index in [0.29, 0.717) is 18.3 Å². The topological polar surface area (TPSA) is 49.3 Å². The fraction of sp³-hybridized carbons (Fsp3) is 0.435. The minimum atomic E-state index is 0. The molecule has 5 nitrogen and oxygen atoms in total. The van der Waals surface area contributed by atoms with Crippen LogP contribution >= 0.6 is 12.4 Å². The Morgan fingerprint density at radius 1 is 0.897 bits per heavy atom. The molecule has 2 aromatic rings. The number of methoxy groups -OCH3 is 4. The molecular formula is C23H30ClNO4. The number of nitrogens with zero attached hydrogens (tertiary/aromatic N) is 1. The Kier molecular flexibility index (Phi) is 7.80. The fourth-order valence-corrected chi connectivity index (χ4v) is 3.76. The van der Waals surface area contributed by atoms with Gasteiger partial charge < -0.3 is 18.9 Å². The van der Waals surface area contributed by atoms with E-state index in [2.05, 4.69) is 19.9 Å². The van der Waals surface area contributed by atoms with Crippen molar-refractivity contribution in [3.8, 4) is 23.0 Å². The summed E-state index contributed by atoms with van der Waals surface area (Å²) in [5, 5.41) is 0. The normalized spacial score (nSPS) is 15.1. The van der Waals surface area contributed by atoms with Gasteiger partial charge in [-0.1, -0.05) is 13.8 Å². The average molecular weight is 420 g/mol. The highest BCUT2D eigenvalue weighted by Crippen LogP contribution is 2.40. The third-order valence-electron chi connectivity index (χ3n) is 5.40. The van der Waals surface area contributed by atoms with Crippen molar-refractivity contribution in [3.05, 3.63) is 47.0 Å². The van der Waals surface area contributed by atoms with Crippen molar-refractivity contribution < 1.29 is 18.9 Å². The molecule has 0 spiro atoms. The third kappa shape index (κ3) is 4.61. The average Bonchev–Trinajstić information content (AvgIpc) is 2.72. The summed E-state index contributed by atoms with van der Waals surface area (Å²) < 4.78 is 22.1. The first-order valence-corrected chi connectivity index (χ1v) is 9.52. The Labute approximate surface area is 179 Å². The van der Waals surface area contributed by atoms with E-state index in [4.69, 9.17) is 23.9 Å². The zero-order valence-corrected chi connectivity index (χ0v) is 18.8. The molecule has 1 atom stereocenters. The van der Waals surface area contributed by atoms with Crippen LogP contribution in [0.15, 0.2) is 35.3 Å². The largest absolute Gasteiger partial charge is 0.497 e. The fourth-order valence-electron chi connectivity index (χ4n) is 3.76. The van der Waals surface area contributed by atoms with Crippen LogP contribution in [-0.2, 0) is 6.42 Å². The van der Waals surface area contributed by atoms with Crippen LogP contribution < -0.4 is 18.9 Å². The number of hydrogen-bond acceptors (Lipinski definition) is 5. The van der Waals surface area contributed by atoms with E-state index in [9.17, 15) is 0 Å². The zero-order valence-electron chi connectivity index (χ0n) is 17.9. The monoisotopic (exact) mass is 419 g/mol. The predicted octanol–water partition coefficient (Wildman–Crippen LogP) is 4.93. The van der Waals surface area contributed by atoms with Crippen LogP contribution in [0.25, 0.3) is 0 Å². The number of hydrogen-bond donors (Lipinski definition) is 0. The van der Waals surface area contributed by atoms with E-state index in [0.717, 1.165) is 46.4 Å². The van der Waals surface area contributed by atoms with Gasteiger partial charge in [0.15, 0.2) is 11.5 Å². The minimum absolute atomic E-state index is 0. The Morgan fingerprint density at radius 3 is 2.14 bits per heavy atom. The van der Waals surface area contributed by atoms with Gasteiger partial charge in [0.1, 0.15) is 11.5 Å². The van der Waals surface area contributed by atoms with E-state index in [1.807, 2.05) is 24.3 Å². The molecule has 0 fully saturated rings. The first kappa shape index (κ1) is 22.9. The number of benzene rings is 2. The second kappa shape index (κ2) is 9.88. The highest BCUT2D eigenvalue weighted by atomic mass is 35.5. The molecule has 0 N–H and O–H groups in total. The molecule has 0 aliphatic carbocycles. The lowest BCUT2D eigenvalue weighted by molar-refractivity contribution is 0.353. The van der Waals surface area contributed by atoms with Crippen LogP contribution in [0.1, 0.15) is 36.5 Å². The van der Waals surface area contributed by atoms with Crippen molar-refractivity contribution in [2.24, 2.45) is 10.9 Å². The number of ether oxygens (including phenoxy) is 4. The number of halogens is 1. The van der Waals surface area contributed by atoms with Gasteiger partial charge in [-0.05, 0) is 41.8 Å². The Balaban J connectivity index is 0.00000300. The molecule has 2 aromatic carbocycles. The molecule has 3 rings (SSSR count). The smallest absolute Gasteiger partial charge is 0.161 e. The molecule has 0 aromatic heterocycles. The van der Waals surface area contributed by atoms with Crippen LogP contribution in [0.2, 0.25) is 0 Å². The molecule has 1 aliphatic heterocycles. The van der Waals surface area contributed by atoms with Crippen LogP contribution in [0.4, 0.5) is 0 Å². The molecule has 6 heteroatoms. The highest BCUT2D eigenvalue weighted by molar-refractivity contribution is 6.05. The maximum atomic E-state index is 5.56. The lowest BCUT2D eigenvalue weighted by Crippen LogP contribution is -2.23. The van der Waals surface area contributed by atoms with Crippen LogP contribution in [0.5, 0.6) is 23.0 Å². The van der Waals surface area contributed by atoms with Gasteiger partial charge in [0.25, 0.3) is 0 Å². The second-order valence-electron chi connectivity index (χ2n) is 7.29. The van der Waals surface area contributed by atoms with Crippen molar-refractivity contribution >= 4 is 18.1 Å². The van der Waals surface area contributed by atoms with Crippen molar-refractivity contribution in [3.63, 3.8) is 0 Å². The molecule has 1 unspecified atom stereocenters. The molecule has 158 valence electrons. The SMILES string of the molecule is COc1ccc(OC)c(CC2=NCC(C(C)C)c3cc(OC)c(OC)cc32)c1.Cl. The van der Waals surface area contributed by atoms with E-state index >= 15 is 0 Å². The van der Waals surface area contributed by atoms with Crippen LogP contribution in [0.3, 0.4) is 0 Å². The van der Waals surface area contributed by atoms with Crippen LogP contribution in [-0.4, -0.2) is 40.7 Å². The highest BCUT2D eigenvalue weighted by Gasteiger charge is 2.28. The number of aliphatic imine (C=N–C) groups is 1. The van der Waals surface area contributed by atoms with E-state index in [-0.39, 0.29) is 12.4 Å². The van der Waals surface area contributed by atoms with Gasteiger partial charge in [-0.2, -0.15) is 0 Å². The molecule has 0 saturated heterocycles. The Bertz CT molecular complexity index is 879. The first-order valence-electron chi connectivity index (χ1n) is 9.52. The maximum absolute atomic E-state index is 5.56. The molecule has 29 heavy (non-hydrogen) atoms. The summed E-state index contributed by atoms with van der Waals surface area (Å²) >= 11 is 0. The number of rotatable bonds is 7. The quantitative estimate of drug-likeness (QED) is 0.638. The predicted molar refractivity (Wildman–Crippen MR) is 119 cm³/mol. The minimum Gasteiger partial charge on any atom is -0.497 e. The van der Waals surface area contributed by atoms with Gasteiger partial charge in [-0.25, -0.2) is 0 Å². The summed E-state index contributed by atoms with van der Waals surface area (Å²) in [6.45, 7) is 5.23. The Hall–Kier alpha value is -2.40. The summed E-state index contributed by atoms with van der Waals surface area (Å²) in [6.07, 6.45) is 0.660. The Morgan fingerprint density at radius 2 is 1.55 bits per heavy atom. The van der Waals surface area contributed by atoms with Gasteiger partial charge in [0.2, 0.25) is 0 Å². The molecule has 1 aliphatic rings. The summed E-state index contributed by atoms with van der Waals surface area (Å²) in [7, 11) is 6.69. The van der Waals surface area contributed by atoms with Gasteiger partial charge in [0, 0.05) is 35.7 Å². The molecule has 0 amide bonds. The third-order valence-corrected chi connectivity index (χ3v) is 5.40. The molecule has 1 heterocycles. The van der Waals surface area contributed by atoms with E-state index in [1.54, 1.807) is 28.4 Å². The van der Waals surface area contributed by atoms with Gasteiger partial charge in [-0.3, -0.25) is 4.99 Å². The van der Waals surface area contributed by atoms with E-state index in [1.165, 1.54) is 5.56 Å². The first-order chi connectivity index (χ1) is 13.5. The van der Waals surface area contributed by atoms with Crippen molar-refractivity contribution in [2.45, 2.75) is 26.2 Å². The van der Waals surface area contributed by atoms with Gasteiger partial charge in [0.05, 0.1) is 28.4 Å². The summed E-state index contributed by atoms with van der Waals surface area (Å²) in [6, 6.07) is 10.0. The van der Waals surface area contributed by atoms with Crippen molar-refractivity contribution in [2.75, 3.05) is 35.0 Å². The summed E-state index contributed by atoms with van der Waals surface area (Å²) in [5.41, 5.74) is 4.45. The lowest BCUT2D eigenvalue weighted by Gasteiger charge is -2.29. The summed E-state index contributed by atoms with van der Waals surface area (Å²) in [4.78, 5) is 4.95. The molecular weight excluding hydrogens is 390 g/mol. The second-order valence-corrected chi connectivity index (χ2v) is 7.29. The lowest BCUT2D eigenvalue weighted by atomic mass is 9.81. The van der Waals surface area contributed by atoms with Gasteiger partial charge >= 0.3 is 0 Å². The zero-order chi connectivity index (χ0) is 20.3. The van der Waals surface area contributed by atoms with Crippen LogP contribution in [0, 0.1) is 5.92 Å². The molecule has 0 saturated carbocycles.